The van der Waals surface area contributed by atoms with Crippen LogP contribution < -0.4 is 0 Å². The summed E-state index contributed by atoms with van der Waals surface area (Å²) >= 11 is 0.471. The first-order valence-corrected chi connectivity index (χ1v) is 6.39. The average molecular weight is 287 g/mol. The van der Waals surface area contributed by atoms with Crippen LogP contribution in [0, 0.1) is 13.8 Å². The van der Waals surface area contributed by atoms with Crippen molar-refractivity contribution in [3.8, 4) is 0 Å². The van der Waals surface area contributed by atoms with Crippen LogP contribution in [0.2, 0.25) is 0 Å². The highest BCUT2D eigenvalue weighted by molar-refractivity contribution is 7.11. The molecule has 0 aliphatic heterocycles. The predicted octanol–water partition coefficient (Wildman–Crippen LogP) is 3.86. The number of benzene rings is 1. The number of thiazole rings is 1. The number of aliphatic hydroxyl groups excluding tert-OH is 1. The molecule has 1 aromatic carbocycles. The molecule has 0 bridgehead atoms. The molecule has 0 saturated heterocycles. The quantitative estimate of drug-likeness (QED) is 0.909. The molecule has 0 amide bonds. The molecule has 2 nitrogen and oxygen atoms in total. The predicted molar refractivity (Wildman–Crippen MR) is 67.1 cm³/mol. The number of nitrogens with zero attached hydrogens (tertiary/aromatic N) is 1. The Morgan fingerprint density at radius 1 is 1.26 bits per heavy atom. The van der Waals surface area contributed by atoms with E-state index in [0.717, 1.165) is 17.3 Å². The number of halogens is 3. The Hall–Kier alpha value is -1.40. The summed E-state index contributed by atoms with van der Waals surface area (Å²) in [5.41, 5.74) is 2.46. The van der Waals surface area contributed by atoms with Crippen LogP contribution in [0.1, 0.15) is 32.7 Å². The fourth-order valence-corrected chi connectivity index (χ4v) is 2.56. The van der Waals surface area contributed by atoms with Crippen molar-refractivity contribution in [1.29, 1.82) is 0 Å². The van der Waals surface area contributed by atoms with Gasteiger partial charge >= 0.3 is 6.18 Å². The maximum atomic E-state index is 12.5. The molecule has 0 aliphatic rings. The fourth-order valence-electron chi connectivity index (χ4n) is 1.77. The maximum absolute atomic E-state index is 12.5. The Morgan fingerprint density at radius 3 is 2.53 bits per heavy atom. The first-order chi connectivity index (χ1) is 8.80. The van der Waals surface area contributed by atoms with E-state index in [1.165, 1.54) is 0 Å². The van der Waals surface area contributed by atoms with E-state index in [1.54, 1.807) is 12.1 Å². The van der Waals surface area contributed by atoms with Crippen LogP contribution in [-0.4, -0.2) is 10.1 Å². The minimum absolute atomic E-state index is 0.195. The number of hydrogen-bond acceptors (Lipinski definition) is 3. The van der Waals surface area contributed by atoms with Gasteiger partial charge in [0.15, 0.2) is 5.01 Å². The van der Waals surface area contributed by atoms with Gasteiger partial charge in [0.2, 0.25) is 0 Å². The van der Waals surface area contributed by atoms with E-state index in [2.05, 4.69) is 4.98 Å². The van der Waals surface area contributed by atoms with E-state index in [4.69, 9.17) is 0 Å². The van der Waals surface area contributed by atoms with Gasteiger partial charge in [-0.15, -0.1) is 11.3 Å². The second kappa shape index (κ2) is 4.94. The Labute approximate surface area is 112 Å². The molecule has 1 heterocycles. The molecule has 19 heavy (non-hydrogen) atoms. The van der Waals surface area contributed by atoms with E-state index in [-0.39, 0.29) is 4.88 Å². The third-order valence-electron chi connectivity index (χ3n) is 2.98. The zero-order valence-electron chi connectivity index (χ0n) is 10.3. The van der Waals surface area contributed by atoms with Gasteiger partial charge in [-0.1, -0.05) is 18.2 Å². The lowest BCUT2D eigenvalue weighted by Gasteiger charge is -2.13. The van der Waals surface area contributed by atoms with Gasteiger partial charge in [0.05, 0.1) is 4.88 Å². The Balaban J connectivity index is 2.37. The number of aromatic nitrogens is 1. The molecule has 1 unspecified atom stereocenters. The molecule has 0 spiro atoms. The molecule has 1 aromatic heterocycles. The standard InChI is InChI=1S/C13H12F3NOS/c1-7-4-3-5-9(8(7)2)11(18)10-6-17-12(19-10)13(14,15)16/h3-6,11,18H,1-2H3. The molecule has 102 valence electrons. The van der Waals surface area contributed by atoms with E-state index in [0.29, 0.717) is 16.9 Å². The topological polar surface area (TPSA) is 33.1 Å². The zero-order valence-corrected chi connectivity index (χ0v) is 11.1. The fraction of sp³-hybridized carbons (Fsp3) is 0.308. The van der Waals surface area contributed by atoms with Crippen LogP contribution >= 0.6 is 11.3 Å². The summed E-state index contributed by atoms with van der Waals surface area (Å²) in [6.45, 7) is 3.72. The summed E-state index contributed by atoms with van der Waals surface area (Å²) in [7, 11) is 0. The molecule has 0 aliphatic carbocycles. The van der Waals surface area contributed by atoms with Gasteiger partial charge in [-0.3, -0.25) is 0 Å². The highest BCUT2D eigenvalue weighted by Crippen LogP contribution is 2.36. The van der Waals surface area contributed by atoms with E-state index < -0.39 is 17.3 Å². The molecule has 6 heteroatoms. The molecule has 1 atom stereocenters. The first-order valence-electron chi connectivity index (χ1n) is 5.58. The van der Waals surface area contributed by atoms with E-state index in [1.807, 2.05) is 19.9 Å². The SMILES string of the molecule is Cc1cccc(C(O)c2cnc(C(F)(F)F)s2)c1C. The summed E-state index contributed by atoms with van der Waals surface area (Å²) in [6, 6.07) is 5.37. The minimum atomic E-state index is -4.47. The maximum Gasteiger partial charge on any atom is 0.443 e. The molecular weight excluding hydrogens is 275 g/mol. The largest absolute Gasteiger partial charge is 0.443 e. The van der Waals surface area contributed by atoms with Crippen molar-refractivity contribution in [1.82, 2.24) is 4.98 Å². The van der Waals surface area contributed by atoms with Crippen molar-refractivity contribution >= 4 is 11.3 Å². The van der Waals surface area contributed by atoms with Gasteiger partial charge in [0, 0.05) is 6.20 Å². The van der Waals surface area contributed by atoms with E-state index in [9.17, 15) is 18.3 Å². The van der Waals surface area contributed by atoms with Crippen molar-refractivity contribution in [3.63, 3.8) is 0 Å². The summed E-state index contributed by atoms with van der Waals surface area (Å²) < 4.78 is 37.4. The minimum Gasteiger partial charge on any atom is -0.383 e. The smallest absolute Gasteiger partial charge is 0.383 e. The van der Waals surface area contributed by atoms with Crippen LogP contribution in [0.15, 0.2) is 24.4 Å². The Morgan fingerprint density at radius 2 is 1.95 bits per heavy atom. The lowest BCUT2D eigenvalue weighted by molar-refractivity contribution is -0.137. The van der Waals surface area contributed by atoms with Crippen LogP contribution in [0.25, 0.3) is 0 Å². The molecule has 0 fully saturated rings. The van der Waals surface area contributed by atoms with Gasteiger partial charge in [0.25, 0.3) is 0 Å². The van der Waals surface area contributed by atoms with Crippen molar-refractivity contribution in [2.24, 2.45) is 0 Å². The van der Waals surface area contributed by atoms with Gasteiger partial charge < -0.3 is 5.11 Å². The Kier molecular flexibility index (Phi) is 3.64. The normalized spacial score (nSPS) is 13.6. The first kappa shape index (κ1) is 14.0. The van der Waals surface area contributed by atoms with Gasteiger partial charge in [-0.05, 0) is 30.5 Å². The molecular formula is C13H12F3NOS. The summed E-state index contributed by atoms with van der Waals surface area (Å²) in [5, 5.41) is 9.24. The van der Waals surface area contributed by atoms with Gasteiger partial charge in [-0.2, -0.15) is 13.2 Å². The zero-order chi connectivity index (χ0) is 14.2. The van der Waals surface area contributed by atoms with Crippen LogP contribution in [-0.2, 0) is 6.18 Å². The lowest BCUT2D eigenvalue weighted by Crippen LogP contribution is -2.03. The molecule has 2 aromatic rings. The van der Waals surface area contributed by atoms with Crippen molar-refractivity contribution < 1.29 is 18.3 Å². The number of rotatable bonds is 2. The van der Waals surface area contributed by atoms with Crippen LogP contribution in [0.4, 0.5) is 13.2 Å². The molecule has 2 rings (SSSR count). The van der Waals surface area contributed by atoms with Crippen molar-refractivity contribution in [2.45, 2.75) is 26.1 Å². The Bertz CT molecular complexity index is 592. The second-order valence-electron chi connectivity index (χ2n) is 4.26. The highest BCUT2D eigenvalue weighted by Gasteiger charge is 2.35. The van der Waals surface area contributed by atoms with Gasteiger partial charge in [0.1, 0.15) is 6.10 Å². The third kappa shape index (κ3) is 2.79. The van der Waals surface area contributed by atoms with Crippen molar-refractivity contribution in [2.75, 3.05) is 0 Å². The third-order valence-corrected chi connectivity index (χ3v) is 4.07. The number of aryl methyl sites for hydroxylation is 1. The number of alkyl halides is 3. The monoisotopic (exact) mass is 287 g/mol. The number of hydrogen-bond donors (Lipinski definition) is 1. The summed E-state index contributed by atoms with van der Waals surface area (Å²) in [5.74, 6) is 0. The lowest BCUT2D eigenvalue weighted by atomic mass is 9.99. The van der Waals surface area contributed by atoms with Gasteiger partial charge in [-0.25, -0.2) is 4.98 Å². The number of aliphatic hydroxyl groups is 1. The molecule has 0 saturated carbocycles. The van der Waals surface area contributed by atoms with Crippen molar-refractivity contribution in [3.05, 3.63) is 51.0 Å². The second-order valence-corrected chi connectivity index (χ2v) is 5.32. The summed E-state index contributed by atoms with van der Waals surface area (Å²) in [6.07, 6.45) is -4.46. The van der Waals surface area contributed by atoms with Crippen LogP contribution in [0.3, 0.4) is 0 Å². The summed E-state index contributed by atoms with van der Waals surface area (Å²) in [4.78, 5) is 3.52. The van der Waals surface area contributed by atoms with E-state index >= 15 is 0 Å². The van der Waals surface area contributed by atoms with Crippen LogP contribution in [0.5, 0.6) is 0 Å². The average Bonchev–Trinajstić information content (AvgIpc) is 2.81. The molecule has 1 N–H and O–H groups in total. The highest BCUT2D eigenvalue weighted by atomic mass is 32.1. The molecule has 0 radical (unpaired) electrons.